The molecule has 0 spiro atoms. The number of hydrogen-bond donors (Lipinski definition) is 0. The predicted octanol–water partition coefficient (Wildman–Crippen LogP) is 4.49. The van der Waals surface area contributed by atoms with Gasteiger partial charge in [0, 0.05) is 0 Å². The predicted molar refractivity (Wildman–Crippen MR) is 57.3 cm³/mol. The molecule has 0 aromatic heterocycles. The molecule has 74 valence electrons. The van der Waals surface area contributed by atoms with E-state index in [0.717, 1.165) is 17.8 Å². The molecule has 0 aliphatic carbocycles. The van der Waals surface area contributed by atoms with E-state index < -0.39 is 0 Å². The van der Waals surface area contributed by atoms with Gasteiger partial charge in [-0.1, -0.05) is 60.3 Å². The van der Waals surface area contributed by atoms with Gasteiger partial charge in [0.2, 0.25) is 0 Å². The molecule has 1 unspecified atom stereocenters. The number of rotatable bonds is 6. The standard InChI is InChI=1S/C12H26/c1-10(2)8-6-7-9-12(5)11(3)4/h10-12H,6-9H2,1-5H3. The van der Waals surface area contributed by atoms with Crippen molar-refractivity contribution in [2.24, 2.45) is 17.8 Å². The molecule has 0 heteroatoms. The summed E-state index contributed by atoms with van der Waals surface area (Å²) < 4.78 is 0. The first-order valence-corrected chi connectivity index (χ1v) is 5.54. The zero-order valence-electron chi connectivity index (χ0n) is 9.56. The lowest BCUT2D eigenvalue weighted by molar-refractivity contribution is 0.370. The zero-order valence-corrected chi connectivity index (χ0v) is 9.56. The van der Waals surface area contributed by atoms with E-state index in [4.69, 9.17) is 0 Å². The van der Waals surface area contributed by atoms with Crippen molar-refractivity contribution >= 4 is 0 Å². The van der Waals surface area contributed by atoms with E-state index in [1.807, 2.05) is 0 Å². The fourth-order valence-electron chi connectivity index (χ4n) is 1.35. The summed E-state index contributed by atoms with van der Waals surface area (Å²) in [6.45, 7) is 11.7. The number of hydrogen-bond acceptors (Lipinski definition) is 0. The lowest BCUT2D eigenvalue weighted by atomic mass is 9.91. The molecule has 0 saturated carbocycles. The van der Waals surface area contributed by atoms with Crippen molar-refractivity contribution in [3.05, 3.63) is 0 Å². The Kier molecular flexibility index (Phi) is 6.51. The maximum atomic E-state index is 2.38. The Morgan fingerprint density at radius 2 is 1.25 bits per heavy atom. The monoisotopic (exact) mass is 170 g/mol. The molecule has 0 aromatic rings. The molecule has 1 atom stereocenters. The summed E-state index contributed by atoms with van der Waals surface area (Å²) in [7, 11) is 0. The van der Waals surface area contributed by atoms with Crippen molar-refractivity contribution in [2.45, 2.75) is 60.3 Å². The fourth-order valence-corrected chi connectivity index (χ4v) is 1.35. The van der Waals surface area contributed by atoms with E-state index in [-0.39, 0.29) is 0 Å². The molecular weight excluding hydrogens is 144 g/mol. The fraction of sp³-hybridized carbons (Fsp3) is 1.00. The first kappa shape index (κ1) is 12.0. The van der Waals surface area contributed by atoms with Gasteiger partial charge in [-0.15, -0.1) is 0 Å². The van der Waals surface area contributed by atoms with Gasteiger partial charge in [-0.05, 0) is 17.8 Å². The summed E-state index contributed by atoms with van der Waals surface area (Å²) in [5.74, 6) is 2.67. The molecule has 0 fully saturated rings. The van der Waals surface area contributed by atoms with Crippen LogP contribution in [0.3, 0.4) is 0 Å². The molecule has 0 saturated heterocycles. The van der Waals surface area contributed by atoms with E-state index in [0.29, 0.717) is 0 Å². The third-order valence-electron chi connectivity index (χ3n) is 2.83. The molecule has 0 heterocycles. The Morgan fingerprint density at radius 3 is 1.67 bits per heavy atom. The highest BCUT2D eigenvalue weighted by Gasteiger charge is 2.05. The van der Waals surface area contributed by atoms with E-state index >= 15 is 0 Å². The van der Waals surface area contributed by atoms with Crippen LogP contribution in [0.4, 0.5) is 0 Å². The normalized spacial score (nSPS) is 14.2. The average Bonchev–Trinajstić information content (AvgIpc) is 1.97. The highest BCUT2D eigenvalue weighted by molar-refractivity contribution is 4.57. The summed E-state index contributed by atoms with van der Waals surface area (Å²) in [5, 5.41) is 0. The number of unbranched alkanes of at least 4 members (excludes halogenated alkanes) is 1. The molecule has 0 amide bonds. The van der Waals surface area contributed by atoms with Crippen LogP contribution in [0.5, 0.6) is 0 Å². The Morgan fingerprint density at radius 1 is 0.750 bits per heavy atom. The summed E-state index contributed by atoms with van der Waals surface area (Å²) in [6, 6.07) is 0. The van der Waals surface area contributed by atoms with Crippen LogP contribution in [-0.2, 0) is 0 Å². The molecule has 0 bridgehead atoms. The quantitative estimate of drug-likeness (QED) is 0.515. The topological polar surface area (TPSA) is 0 Å². The summed E-state index contributed by atoms with van der Waals surface area (Å²) in [4.78, 5) is 0. The second kappa shape index (κ2) is 6.51. The van der Waals surface area contributed by atoms with Crippen LogP contribution in [0, 0.1) is 17.8 Å². The first-order valence-electron chi connectivity index (χ1n) is 5.54. The van der Waals surface area contributed by atoms with Gasteiger partial charge in [0.05, 0.1) is 0 Å². The third-order valence-corrected chi connectivity index (χ3v) is 2.83. The maximum absolute atomic E-state index is 2.38. The van der Waals surface area contributed by atoms with Gasteiger partial charge in [0.1, 0.15) is 0 Å². The molecule has 0 aromatic carbocycles. The highest BCUT2D eigenvalue weighted by atomic mass is 14.1. The van der Waals surface area contributed by atoms with Crippen molar-refractivity contribution in [1.29, 1.82) is 0 Å². The van der Waals surface area contributed by atoms with Crippen LogP contribution in [-0.4, -0.2) is 0 Å². The van der Waals surface area contributed by atoms with Crippen LogP contribution < -0.4 is 0 Å². The van der Waals surface area contributed by atoms with Crippen molar-refractivity contribution in [1.82, 2.24) is 0 Å². The molecular formula is C12H26. The molecule has 0 N–H and O–H groups in total. The lowest BCUT2D eigenvalue weighted by Crippen LogP contribution is -2.03. The van der Waals surface area contributed by atoms with Crippen molar-refractivity contribution in [3.8, 4) is 0 Å². The van der Waals surface area contributed by atoms with Crippen LogP contribution >= 0.6 is 0 Å². The summed E-state index contributed by atoms with van der Waals surface area (Å²) in [5.41, 5.74) is 0. The van der Waals surface area contributed by atoms with Crippen LogP contribution in [0.15, 0.2) is 0 Å². The van der Waals surface area contributed by atoms with Crippen LogP contribution in [0.25, 0.3) is 0 Å². The lowest BCUT2D eigenvalue weighted by Gasteiger charge is -2.15. The van der Waals surface area contributed by atoms with Crippen molar-refractivity contribution < 1.29 is 0 Å². The first-order chi connectivity index (χ1) is 5.54. The highest BCUT2D eigenvalue weighted by Crippen LogP contribution is 2.18. The Labute approximate surface area is 78.8 Å². The molecule has 0 aliphatic rings. The van der Waals surface area contributed by atoms with Gasteiger partial charge in [0.25, 0.3) is 0 Å². The van der Waals surface area contributed by atoms with Crippen molar-refractivity contribution in [2.75, 3.05) is 0 Å². The summed E-state index contributed by atoms with van der Waals surface area (Å²) >= 11 is 0. The largest absolute Gasteiger partial charge is 0.0628 e. The third kappa shape index (κ3) is 6.69. The van der Waals surface area contributed by atoms with E-state index in [1.54, 1.807) is 0 Å². The minimum absolute atomic E-state index is 0.865. The molecule has 12 heavy (non-hydrogen) atoms. The van der Waals surface area contributed by atoms with Gasteiger partial charge in [0.15, 0.2) is 0 Å². The summed E-state index contributed by atoms with van der Waals surface area (Å²) in [6.07, 6.45) is 5.68. The molecule has 0 nitrogen and oxygen atoms in total. The Bertz CT molecular complexity index is 92.2. The molecule has 0 rings (SSSR count). The van der Waals surface area contributed by atoms with Gasteiger partial charge in [-0.3, -0.25) is 0 Å². The molecule has 0 radical (unpaired) electrons. The van der Waals surface area contributed by atoms with Crippen molar-refractivity contribution in [3.63, 3.8) is 0 Å². The maximum Gasteiger partial charge on any atom is -0.0420 e. The second-order valence-electron chi connectivity index (χ2n) is 4.90. The Balaban J connectivity index is 3.20. The smallest absolute Gasteiger partial charge is 0.0420 e. The van der Waals surface area contributed by atoms with Gasteiger partial charge >= 0.3 is 0 Å². The molecule has 0 aliphatic heterocycles. The average molecular weight is 170 g/mol. The minimum Gasteiger partial charge on any atom is -0.0628 e. The van der Waals surface area contributed by atoms with Gasteiger partial charge in [-0.2, -0.15) is 0 Å². The minimum atomic E-state index is 0.865. The van der Waals surface area contributed by atoms with E-state index in [2.05, 4.69) is 34.6 Å². The second-order valence-corrected chi connectivity index (χ2v) is 4.90. The zero-order chi connectivity index (χ0) is 9.56. The SMILES string of the molecule is CC(C)CCCCC(C)C(C)C. The van der Waals surface area contributed by atoms with Gasteiger partial charge < -0.3 is 0 Å². The Hall–Kier alpha value is 0. The van der Waals surface area contributed by atoms with Gasteiger partial charge in [-0.25, -0.2) is 0 Å². The van der Waals surface area contributed by atoms with E-state index in [9.17, 15) is 0 Å². The van der Waals surface area contributed by atoms with Crippen LogP contribution in [0.2, 0.25) is 0 Å². The van der Waals surface area contributed by atoms with Crippen LogP contribution in [0.1, 0.15) is 60.3 Å². The van der Waals surface area contributed by atoms with E-state index in [1.165, 1.54) is 25.7 Å².